The molecule has 2 aromatic carbocycles. The van der Waals surface area contributed by atoms with E-state index in [2.05, 4.69) is 0 Å². The molecule has 0 spiro atoms. The summed E-state index contributed by atoms with van der Waals surface area (Å²) in [6.07, 6.45) is 0. The predicted octanol–water partition coefficient (Wildman–Crippen LogP) is 2.25. The van der Waals surface area contributed by atoms with Gasteiger partial charge in [-0.15, -0.1) is 0 Å². The summed E-state index contributed by atoms with van der Waals surface area (Å²) < 4.78 is 96.6. The number of sulfonamides is 1. The summed E-state index contributed by atoms with van der Waals surface area (Å²) in [6, 6.07) is 2.98. The van der Waals surface area contributed by atoms with Gasteiger partial charge in [-0.2, -0.15) is 0 Å². The van der Waals surface area contributed by atoms with Gasteiger partial charge in [-0.05, 0) is 12.1 Å². The third kappa shape index (κ3) is 4.00. The molecule has 0 unspecified atom stereocenters. The first-order valence-corrected chi connectivity index (χ1v) is 7.49. The fourth-order valence-corrected chi connectivity index (χ4v) is 2.97. The number of phenols is 1. The van der Waals surface area contributed by atoms with Gasteiger partial charge in [0.05, 0.1) is 12.8 Å². The van der Waals surface area contributed by atoms with E-state index < -0.39 is 55.4 Å². The van der Waals surface area contributed by atoms with E-state index in [4.69, 9.17) is 4.74 Å². The van der Waals surface area contributed by atoms with E-state index in [9.17, 15) is 35.5 Å². The molecule has 25 heavy (non-hydrogen) atoms. The zero-order chi connectivity index (χ0) is 18.2. The van der Waals surface area contributed by atoms with Crippen LogP contribution in [0.1, 0.15) is 0 Å². The summed E-state index contributed by atoms with van der Waals surface area (Å²) in [7, 11) is -3.96. The standard InChI is InChI=1S/C13H8F5NO4S.Na.H/c1-23-7-3-2-5(4-6(7)20)19-24(21,22)13-11(17)9(15)8(14)10(16)12(13)18;;/h2-4,19-20H,1H3;;. The van der Waals surface area contributed by atoms with Gasteiger partial charge in [0.1, 0.15) is 0 Å². The Bertz CT molecular complexity index is 894. The second-order valence-corrected chi connectivity index (χ2v) is 6.01. The van der Waals surface area contributed by atoms with Gasteiger partial charge in [0.15, 0.2) is 39.7 Å². The van der Waals surface area contributed by atoms with Crippen molar-refractivity contribution in [1.82, 2.24) is 0 Å². The zero-order valence-electron chi connectivity index (χ0n) is 11.7. The Balaban J connectivity index is 0.00000312. The van der Waals surface area contributed by atoms with Gasteiger partial charge in [-0.3, -0.25) is 4.72 Å². The Hall–Kier alpha value is -1.56. The fraction of sp³-hybridized carbons (Fsp3) is 0.0769. The van der Waals surface area contributed by atoms with Gasteiger partial charge in [0, 0.05) is 6.07 Å². The van der Waals surface area contributed by atoms with E-state index in [-0.39, 0.29) is 35.3 Å². The molecule has 2 rings (SSSR count). The third-order valence-electron chi connectivity index (χ3n) is 2.87. The van der Waals surface area contributed by atoms with Gasteiger partial charge in [-0.25, -0.2) is 30.4 Å². The van der Waals surface area contributed by atoms with Crippen LogP contribution < -0.4 is 9.46 Å². The van der Waals surface area contributed by atoms with Crippen LogP contribution in [0, 0.1) is 29.1 Å². The van der Waals surface area contributed by atoms with E-state index in [0.717, 1.165) is 18.2 Å². The average Bonchev–Trinajstić information content (AvgIpc) is 2.50. The molecule has 0 heterocycles. The quantitative estimate of drug-likeness (QED) is 0.362. The number of phenolic OH excluding ortho intramolecular Hbond substituents is 1. The number of rotatable bonds is 4. The van der Waals surface area contributed by atoms with Gasteiger partial charge < -0.3 is 9.84 Å². The van der Waals surface area contributed by atoms with Crippen molar-refractivity contribution < 1.29 is 40.2 Å². The van der Waals surface area contributed by atoms with Crippen LogP contribution in [0.25, 0.3) is 0 Å². The van der Waals surface area contributed by atoms with Crippen LogP contribution in [0.15, 0.2) is 23.1 Å². The molecule has 0 aliphatic carbocycles. The number of benzene rings is 2. The first-order chi connectivity index (χ1) is 11.1. The number of methoxy groups -OCH3 is 1. The SMILES string of the molecule is COc1ccc(NS(=O)(=O)c2c(F)c(F)c(F)c(F)c2F)cc1O.[NaH]. The predicted molar refractivity (Wildman–Crippen MR) is 78.8 cm³/mol. The number of ether oxygens (including phenoxy) is 1. The molecule has 0 saturated carbocycles. The maximum absolute atomic E-state index is 13.6. The monoisotopic (exact) mass is 393 g/mol. The molecule has 0 aliphatic heterocycles. The van der Waals surface area contributed by atoms with Crippen LogP contribution >= 0.6 is 0 Å². The number of hydrogen-bond donors (Lipinski definition) is 2. The molecule has 0 amide bonds. The van der Waals surface area contributed by atoms with Crippen LogP contribution in [0.4, 0.5) is 27.6 Å². The number of nitrogens with one attached hydrogen (secondary N) is 1. The van der Waals surface area contributed by atoms with Crippen molar-refractivity contribution in [3.8, 4) is 11.5 Å². The van der Waals surface area contributed by atoms with Crippen molar-refractivity contribution in [2.75, 3.05) is 11.8 Å². The normalized spacial score (nSPS) is 11.0. The molecular formula is C13H9F5NNaO4S. The van der Waals surface area contributed by atoms with Gasteiger partial charge >= 0.3 is 29.6 Å². The van der Waals surface area contributed by atoms with Gasteiger partial charge in [-0.1, -0.05) is 0 Å². The second-order valence-electron chi connectivity index (χ2n) is 4.39. The van der Waals surface area contributed by atoms with Crippen LogP contribution in [0.2, 0.25) is 0 Å². The maximum atomic E-state index is 13.6. The molecule has 132 valence electrons. The van der Waals surface area contributed by atoms with E-state index in [1.165, 1.54) is 7.11 Å². The Morgan fingerprint density at radius 3 is 1.88 bits per heavy atom. The van der Waals surface area contributed by atoms with Crippen molar-refractivity contribution in [2.45, 2.75) is 4.90 Å². The molecular weight excluding hydrogens is 384 g/mol. The minimum atomic E-state index is -5.17. The summed E-state index contributed by atoms with van der Waals surface area (Å²) in [5, 5.41) is 9.51. The van der Waals surface area contributed by atoms with Crippen LogP contribution in [-0.2, 0) is 10.0 Å². The topological polar surface area (TPSA) is 75.6 Å². The molecule has 12 heteroatoms. The molecule has 0 aliphatic rings. The van der Waals surface area contributed by atoms with Crippen molar-refractivity contribution in [3.05, 3.63) is 47.3 Å². The molecule has 0 saturated heterocycles. The molecule has 0 bridgehead atoms. The van der Waals surface area contributed by atoms with E-state index in [0.29, 0.717) is 0 Å². The van der Waals surface area contributed by atoms with Crippen molar-refractivity contribution in [2.24, 2.45) is 0 Å². The third-order valence-corrected chi connectivity index (χ3v) is 4.27. The number of aromatic hydroxyl groups is 1. The number of hydrogen-bond acceptors (Lipinski definition) is 4. The van der Waals surface area contributed by atoms with E-state index in [1.807, 2.05) is 0 Å². The summed E-state index contributed by atoms with van der Waals surface area (Å²) in [5.74, 6) is -12.8. The Labute approximate surface area is 160 Å². The molecule has 2 aromatic rings. The molecule has 0 fully saturated rings. The number of halogens is 5. The van der Waals surface area contributed by atoms with Crippen LogP contribution in [0.5, 0.6) is 11.5 Å². The average molecular weight is 393 g/mol. The molecule has 0 aromatic heterocycles. The molecule has 0 radical (unpaired) electrons. The Morgan fingerprint density at radius 1 is 0.960 bits per heavy atom. The van der Waals surface area contributed by atoms with Gasteiger partial charge in [0.2, 0.25) is 5.82 Å². The van der Waals surface area contributed by atoms with Crippen LogP contribution in [0.3, 0.4) is 0 Å². The summed E-state index contributed by atoms with van der Waals surface area (Å²) >= 11 is 0. The van der Waals surface area contributed by atoms with Crippen molar-refractivity contribution >= 4 is 45.3 Å². The van der Waals surface area contributed by atoms with E-state index >= 15 is 0 Å². The van der Waals surface area contributed by atoms with E-state index in [1.54, 1.807) is 4.72 Å². The first kappa shape index (κ1) is 21.5. The van der Waals surface area contributed by atoms with Crippen molar-refractivity contribution in [3.63, 3.8) is 0 Å². The van der Waals surface area contributed by atoms with Crippen molar-refractivity contribution in [1.29, 1.82) is 0 Å². The van der Waals surface area contributed by atoms with Gasteiger partial charge in [0.25, 0.3) is 10.0 Å². The summed E-state index contributed by atoms with van der Waals surface area (Å²) in [5.41, 5.74) is -0.391. The minimum absolute atomic E-state index is 0. The molecule has 5 nitrogen and oxygen atoms in total. The summed E-state index contributed by atoms with van der Waals surface area (Å²) in [6.45, 7) is 0. The summed E-state index contributed by atoms with van der Waals surface area (Å²) in [4.78, 5) is -2.03. The molecule has 2 N–H and O–H groups in total. The second kappa shape index (κ2) is 7.77. The number of anilines is 1. The Morgan fingerprint density at radius 2 is 1.44 bits per heavy atom. The molecule has 0 atom stereocenters. The van der Waals surface area contributed by atoms with Crippen LogP contribution in [-0.4, -0.2) is 50.2 Å². The Kier molecular flexibility index (Phi) is 6.68. The zero-order valence-corrected chi connectivity index (χ0v) is 12.5. The first-order valence-electron chi connectivity index (χ1n) is 6.01. The fourth-order valence-electron chi connectivity index (χ4n) is 1.78.